The van der Waals surface area contributed by atoms with Gasteiger partial charge < -0.3 is 4.55 Å². The Morgan fingerprint density at radius 2 is 1.65 bits per heavy atom. The Balaban J connectivity index is -0.000000285. The molecular weight excluding hydrogens is 232 g/mol. The molecule has 102 valence electrons. The largest absolute Gasteiger partial charge is 0.333 e. The summed E-state index contributed by atoms with van der Waals surface area (Å²) >= 11 is 2.53. The number of hydrogen-bond donors (Lipinski definition) is 2. The summed E-state index contributed by atoms with van der Waals surface area (Å²) in [5, 5.41) is 0. The van der Waals surface area contributed by atoms with E-state index in [9.17, 15) is 0 Å². The molecule has 0 spiro atoms. The Labute approximate surface area is 112 Å². The van der Waals surface area contributed by atoms with Crippen LogP contribution in [0.2, 0.25) is 0 Å². The Hall–Kier alpha value is -0.610. The molecule has 1 aromatic rings. The molecule has 0 saturated heterocycles. The second-order valence-electron chi connectivity index (χ2n) is 2.91. The van der Waals surface area contributed by atoms with Crippen LogP contribution < -0.4 is 0 Å². The van der Waals surface area contributed by atoms with E-state index in [0.717, 1.165) is 17.9 Å². The summed E-state index contributed by atoms with van der Waals surface area (Å²) in [6.45, 7) is 14.3. The van der Waals surface area contributed by atoms with Crippen molar-refractivity contribution in [2.75, 3.05) is 0 Å². The van der Waals surface area contributed by atoms with Crippen LogP contribution in [0.25, 0.3) is 0 Å². The molecule has 1 heterocycles. The number of nitrogens with zero attached hydrogens (tertiary/aromatic N) is 2. The fraction of sp³-hybridized carbons (Fsp3) is 0.692. The highest BCUT2D eigenvalue weighted by molar-refractivity contribution is 7.74. The topological polar surface area (TPSA) is 46.0 Å². The van der Waals surface area contributed by atoms with Crippen molar-refractivity contribution in [1.82, 2.24) is 9.97 Å². The van der Waals surface area contributed by atoms with Crippen LogP contribution in [-0.2, 0) is 6.42 Å². The lowest BCUT2D eigenvalue weighted by Gasteiger charge is -2.03. The summed E-state index contributed by atoms with van der Waals surface area (Å²) in [5.74, 6) is 1.38. The van der Waals surface area contributed by atoms with Crippen LogP contribution in [0.3, 0.4) is 0 Å². The summed E-state index contributed by atoms with van der Waals surface area (Å²) in [6, 6.07) is 1.96. The zero-order valence-corrected chi connectivity index (χ0v) is 13.1. The maximum Gasteiger partial charge on any atom is 0.131 e. The molecule has 0 atom stereocenters. The molecule has 0 aliphatic carbocycles. The Bertz CT molecular complexity index is 243. The summed E-state index contributed by atoms with van der Waals surface area (Å²) in [7, 11) is 0. The maximum atomic E-state index is 6.69. The van der Waals surface area contributed by atoms with E-state index in [1.165, 1.54) is 0 Å². The predicted molar refractivity (Wildman–Crippen MR) is 79.8 cm³/mol. The minimum absolute atomic E-state index is 0.432. The highest BCUT2D eigenvalue weighted by atomic mass is 32.1. The fourth-order valence-electron chi connectivity index (χ4n) is 0.888. The zero-order valence-electron chi connectivity index (χ0n) is 12.2. The van der Waals surface area contributed by atoms with Crippen LogP contribution in [0, 0.1) is 0 Å². The van der Waals surface area contributed by atoms with Gasteiger partial charge in [-0.05, 0) is 25.4 Å². The van der Waals surface area contributed by atoms with E-state index < -0.39 is 0 Å². The van der Waals surface area contributed by atoms with Gasteiger partial charge in [-0.25, -0.2) is 9.97 Å². The van der Waals surface area contributed by atoms with Gasteiger partial charge in [-0.3, -0.25) is 0 Å². The summed E-state index contributed by atoms with van der Waals surface area (Å²) in [6.07, 6.45) is 2.82. The van der Waals surface area contributed by atoms with Crippen molar-refractivity contribution in [3.8, 4) is 0 Å². The Kier molecular flexibility index (Phi) is 22.6. The van der Waals surface area contributed by atoms with Crippen LogP contribution in [0.5, 0.6) is 0 Å². The molecule has 0 aliphatic rings. The van der Waals surface area contributed by atoms with E-state index in [2.05, 4.69) is 43.6 Å². The number of rotatable bonds is 2. The fourth-order valence-corrected chi connectivity index (χ4v) is 0.888. The first-order valence-electron chi connectivity index (χ1n) is 6.26. The minimum Gasteiger partial charge on any atom is -0.333 e. The second-order valence-corrected chi connectivity index (χ2v) is 2.91. The molecule has 0 radical (unpaired) electrons. The van der Waals surface area contributed by atoms with Crippen molar-refractivity contribution in [3.05, 3.63) is 23.8 Å². The van der Waals surface area contributed by atoms with Crippen LogP contribution in [0.15, 0.2) is 12.3 Å². The average molecular weight is 260 g/mol. The van der Waals surface area contributed by atoms with Gasteiger partial charge in [-0.2, -0.15) is 0 Å². The smallest absolute Gasteiger partial charge is 0.131 e. The van der Waals surface area contributed by atoms with Crippen molar-refractivity contribution in [2.45, 2.75) is 60.8 Å². The highest BCUT2D eigenvalue weighted by Crippen LogP contribution is 2.07. The molecule has 0 amide bonds. The van der Waals surface area contributed by atoms with Crippen LogP contribution in [0.4, 0.5) is 0 Å². The molecule has 1 rings (SSSR count). The maximum absolute atomic E-state index is 6.69. The molecule has 4 heteroatoms. The predicted octanol–water partition coefficient (Wildman–Crippen LogP) is 4.60. The monoisotopic (exact) mass is 260 g/mol. The lowest BCUT2D eigenvalue weighted by molar-refractivity contribution is 0.679. The first-order valence-corrected chi connectivity index (χ1v) is 6.66. The lowest BCUT2D eigenvalue weighted by Crippen LogP contribution is -1.99. The molecular formula is C13H28N2OS. The third kappa shape index (κ3) is 11.6. The number of thiol groups is 1. The van der Waals surface area contributed by atoms with Crippen LogP contribution in [-0.4, -0.2) is 14.5 Å². The molecule has 1 N–H and O–H groups in total. The molecule has 0 aromatic carbocycles. The average Bonchev–Trinajstić information content (AvgIpc) is 2.45. The van der Waals surface area contributed by atoms with Crippen LogP contribution >= 0.6 is 12.9 Å². The first-order chi connectivity index (χ1) is 8.24. The van der Waals surface area contributed by atoms with E-state index in [-0.39, 0.29) is 0 Å². The van der Waals surface area contributed by atoms with Crippen molar-refractivity contribution in [1.29, 1.82) is 0 Å². The molecule has 0 fully saturated rings. The van der Waals surface area contributed by atoms with Crippen molar-refractivity contribution >= 4 is 12.9 Å². The Morgan fingerprint density at radius 1 is 1.18 bits per heavy atom. The van der Waals surface area contributed by atoms with E-state index in [1.54, 1.807) is 0 Å². The number of hydrogen-bond acceptors (Lipinski definition) is 4. The summed E-state index contributed by atoms with van der Waals surface area (Å²) in [4.78, 5) is 8.56. The molecule has 3 nitrogen and oxygen atoms in total. The molecule has 0 bridgehead atoms. The SMILES string of the molecule is CC.CC.CCc1ccnc(C(C)C)n1.OS. The van der Waals surface area contributed by atoms with Gasteiger partial charge in [0, 0.05) is 17.8 Å². The van der Waals surface area contributed by atoms with Gasteiger partial charge in [0.2, 0.25) is 0 Å². The second kappa shape index (κ2) is 17.8. The zero-order chi connectivity index (χ0) is 14.3. The third-order valence-corrected chi connectivity index (χ3v) is 1.61. The normalized spacial score (nSPS) is 7.88. The standard InChI is InChI=1S/C9H14N2.2C2H6.H2OS/c1-4-8-5-6-10-9(11-8)7(2)3;3*1-2/h5-7H,4H2,1-3H3;2*1-2H3;1-2H. The van der Waals surface area contributed by atoms with E-state index >= 15 is 0 Å². The van der Waals surface area contributed by atoms with Crippen molar-refractivity contribution in [2.24, 2.45) is 0 Å². The van der Waals surface area contributed by atoms with E-state index in [4.69, 9.17) is 4.55 Å². The summed E-state index contributed by atoms with van der Waals surface area (Å²) < 4.78 is 6.69. The minimum atomic E-state index is 0.432. The Morgan fingerprint density at radius 3 is 2.00 bits per heavy atom. The van der Waals surface area contributed by atoms with Gasteiger partial charge in [0.25, 0.3) is 0 Å². The van der Waals surface area contributed by atoms with Gasteiger partial charge in [0.15, 0.2) is 0 Å². The van der Waals surface area contributed by atoms with E-state index in [1.807, 2.05) is 40.0 Å². The lowest BCUT2D eigenvalue weighted by atomic mass is 10.2. The quantitative estimate of drug-likeness (QED) is 0.603. The molecule has 1 aromatic heterocycles. The first kappa shape index (κ1) is 21.7. The van der Waals surface area contributed by atoms with E-state index in [0.29, 0.717) is 5.92 Å². The van der Waals surface area contributed by atoms with Crippen molar-refractivity contribution in [3.63, 3.8) is 0 Å². The van der Waals surface area contributed by atoms with Crippen LogP contribution in [0.1, 0.15) is 65.9 Å². The molecule has 0 saturated carbocycles. The van der Waals surface area contributed by atoms with Gasteiger partial charge >= 0.3 is 0 Å². The number of aromatic nitrogens is 2. The highest BCUT2D eigenvalue weighted by Gasteiger charge is 2.01. The molecule has 17 heavy (non-hydrogen) atoms. The molecule has 0 aliphatic heterocycles. The third-order valence-electron chi connectivity index (χ3n) is 1.61. The molecule has 0 unspecified atom stereocenters. The van der Waals surface area contributed by atoms with Gasteiger partial charge in [-0.1, -0.05) is 48.5 Å². The number of aryl methyl sites for hydroxylation is 1. The van der Waals surface area contributed by atoms with Gasteiger partial charge in [0.05, 0.1) is 0 Å². The van der Waals surface area contributed by atoms with Gasteiger partial charge in [0.1, 0.15) is 5.82 Å². The van der Waals surface area contributed by atoms with Gasteiger partial charge in [-0.15, -0.1) is 0 Å². The van der Waals surface area contributed by atoms with Crippen molar-refractivity contribution < 1.29 is 4.55 Å². The summed E-state index contributed by atoms with van der Waals surface area (Å²) in [5.41, 5.74) is 1.13.